The summed E-state index contributed by atoms with van der Waals surface area (Å²) in [5, 5.41) is 8.93. The Labute approximate surface area is 106 Å². The van der Waals surface area contributed by atoms with E-state index in [0.29, 0.717) is 6.42 Å². The fourth-order valence-corrected chi connectivity index (χ4v) is 1.56. The Morgan fingerprint density at radius 3 is 2.44 bits per heavy atom. The molecular weight excluding hydrogens is 234 g/mol. The molecule has 18 heavy (non-hydrogen) atoms. The quantitative estimate of drug-likeness (QED) is 0.870. The van der Waals surface area contributed by atoms with Crippen LogP contribution in [0.3, 0.4) is 0 Å². The standard InChI is InChI=1S/C13H17NO4/c1-3-11(12(15)16)14(2)13(17)18-9-10-7-5-4-6-8-10/h4-8,11H,3,9H2,1-2H3,(H,15,16). The van der Waals surface area contributed by atoms with Gasteiger partial charge in [-0.1, -0.05) is 37.3 Å². The van der Waals surface area contributed by atoms with E-state index in [0.717, 1.165) is 10.5 Å². The summed E-state index contributed by atoms with van der Waals surface area (Å²) >= 11 is 0. The number of carbonyl (C=O) groups is 2. The van der Waals surface area contributed by atoms with Gasteiger partial charge >= 0.3 is 12.1 Å². The number of hydrogen-bond donors (Lipinski definition) is 1. The summed E-state index contributed by atoms with van der Waals surface area (Å²) in [7, 11) is 1.43. The molecular formula is C13H17NO4. The first kappa shape index (κ1) is 14.0. The van der Waals surface area contributed by atoms with Crippen LogP contribution in [0.5, 0.6) is 0 Å². The summed E-state index contributed by atoms with van der Waals surface area (Å²) in [6.07, 6.45) is -0.292. The number of carboxylic acid groups (broad SMARTS) is 1. The molecule has 0 aromatic heterocycles. The number of ether oxygens (including phenoxy) is 1. The Kier molecular flexibility index (Phi) is 5.17. The lowest BCUT2D eigenvalue weighted by molar-refractivity contribution is -0.142. The van der Waals surface area contributed by atoms with Gasteiger partial charge < -0.3 is 9.84 Å². The highest BCUT2D eigenvalue weighted by Gasteiger charge is 2.25. The van der Waals surface area contributed by atoms with Gasteiger partial charge in [-0.2, -0.15) is 0 Å². The normalized spacial score (nSPS) is 11.7. The average molecular weight is 251 g/mol. The van der Waals surface area contributed by atoms with E-state index in [9.17, 15) is 9.59 Å². The Morgan fingerprint density at radius 2 is 1.94 bits per heavy atom. The van der Waals surface area contributed by atoms with Crippen LogP contribution in [-0.2, 0) is 16.1 Å². The summed E-state index contributed by atoms with van der Waals surface area (Å²) in [6.45, 7) is 1.85. The second-order valence-electron chi connectivity index (χ2n) is 3.91. The zero-order valence-electron chi connectivity index (χ0n) is 10.5. The van der Waals surface area contributed by atoms with Crippen LogP contribution in [-0.4, -0.2) is 35.2 Å². The molecule has 0 saturated heterocycles. The zero-order chi connectivity index (χ0) is 13.5. The van der Waals surface area contributed by atoms with Gasteiger partial charge in [0.05, 0.1) is 0 Å². The maximum absolute atomic E-state index is 11.7. The average Bonchev–Trinajstić information content (AvgIpc) is 2.37. The molecule has 1 amide bonds. The van der Waals surface area contributed by atoms with Gasteiger partial charge in [-0.25, -0.2) is 9.59 Å². The van der Waals surface area contributed by atoms with E-state index in [1.54, 1.807) is 6.92 Å². The summed E-state index contributed by atoms with van der Waals surface area (Å²) < 4.78 is 5.05. The molecule has 0 aliphatic carbocycles. The number of likely N-dealkylation sites (N-methyl/N-ethyl adjacent to an activating group) is 1. The molecule has 0 aliphatic rings. The maximum atomic E-state index is 11.7. The number of amides is 1. The fourth-order valence-electron chi connectivity index (χ4n) is 1.56. The third-order valence-corrected chi connectivity index (χ3v) is 2.63. The largest absolute Gasteiger partial charge is 0.480 e. The van der Waals surface area contributed by atoms with Crippen molar-refractivity contribution in [2.45, 2.75) is 26.0 Å². The molecule has 0 spiro atoms. The number of carbonyl (C=O) groups excluding carboxylic acids is 1. The number of rotatable bonds is 5. The van der Waals surface area contributed by atoms with Gasteiger partial charge in [0.15, 0.2) is 0 Å². The summed E-state index contributed by atoms with van der Waals surface area (Å²) in [6, 6.07) is 8.38. The van der Waals surface area contributed by atoms with Crippen LogP contribution in [0.4, 0.5) is 4.79 Å². The highest BCUT2D eigenvalue weighted by molar-refractivity contribution is 5.79. The molecule has 0 aliphatic heterocycles. The van der Waals surface area contributed by atoms with Crippen molar-refractivity contribution in [1.82, 2.24) is 4.90 Å². The molecule has 0 radical (unpaired) electrons. The van der Waals surface area contributed by atoms with Crippen molar-refractivity contribution < 1.29 is 19.4 Å². The van der Waals surface area contributed by atoms with E-state index in [-0.39, 0.29) is 6.61 Å². The fraction of sp³-hybridized carbons (Fsp3) is 0.385. The van der Waals surface area contributed by atoms with Crippen LogP contribution < -0.4 is 0 Å². The predicted molar refractivity (Wildman–Crippen MR) is 66.1 cm³/mol. The molecule has 0 bridgehead atoms. The van der Waals surface area contributed by atoms with Crippen molar-refractivity contribution in [3.8, 4) is 0 Å². The van der Waals surface area contributed by atoms with E-state index >= 15 is 0 Å². The van der Waals surface area contributed by atoms with Gasteiger partial charge in [0, 0.05) is 7.05 Å². The summed E-state index contributed by atoms with van der Waals surface area (Å²) in [5.74, 6) is -1.03. The molecule has 5 nitrogen and oxygen atoms in total. The molecule has 0 heterocycles. The molecule has 1 unspecified atom stereocenters. The van der Waals surface area contributed by atoms with Gasteiger partial charge in [-0.05, 0) is 12.0 Å². The van der Waals surface area contributed by atoms with E-state index < -0.39 is 18.1 Å². The monoisotopic (exact) mass is 251 g/mol. The van der Waals surface area contributed by atoms with Crippen molar-refractivity contribution in [3.05, 3.63) is 35.9 Å². The second-order valence-corrected chi connectivity index (χ2v) is 3.91. The Balaban J connectivity index is 2.52. The van der Waals surface area contributed by atoms with Crippen LogP contribution in [0.25, 0.3) is 0 Å². The van der Waals surface area contributed by atoms with Crippen LogP contribution in [0, 0.1) is 0 Å². The van der Waals surface area contributed by atoms with Crippen molar-refractivity contribution in [2.75, 3.05) is 7.05 Å². The molecule has 0 fully saturated rings. The number of aliphatic carboxylic acids is 1. The Hall–Kier alpha value is -2.04. The number of hydrogen-bond acceptors (Lipinski definition) is 3. The van der Waals surface area contributed by atoms with Gasteiger partial charge in [0.2, 0.25) is 0 Å². The van der Waals surface area contributed by atoms with Crippen LogP contribution in [0.2, 0.25) is 0 Å². The molecule has 0 saturated carbocycles. The first-order valence-corrected chi connectivity index (χ1v) is 5.72. The zero-order valence-corrected chi connectivity index (χ0v) is 10.5. The van der Waals surface area contributed by atoms with Crippen LogP contribution in [0.15, 0.2) is 30.3 Å². The van der Waals surface area contributed by atoms with E-state index in [1.807, 2.05) is 30.3 Å². The second kappa shape index (κ2) is 6.64. The number of benzene rings is 1. The first-order chi connectivity index (χ1) is 8.56. The Morgan fingerprint density at radius 1 is 1.33 bits per heavy atom. The van der Waals surface area contributed by atoms with Gasteiger partial charge in [0.25, 0.3) is 0 Å². The molecule has 1 N–H and O–H groups in total. The van der Waals surface area contributed by atoms with Crippen molar-refractivity contribution in [2.24, 2.45) is 0 Å². The molecule has 1 atom stereocenters. The first-order valence-electron chi connectivity index (χ1n) is 5.72. The topological polar surface area (TPSA) is 66.8 Å². The predicted octanol–water partition coefficient (Wildman–Crippen LogP) is 2.12. The van der Waals surface area contributed by atoms with Crippen molar-refractivity contribution >= 4 is 12.1 Å². The van der Waals surface area contributed by atoms with E-state index in [1.165, 1.54) is 7.05 Å². The van der Waals surface area contributed by atoms with Crippen molar-refractivity contribution in [1.29, 1.82) is 0 Å². The molecule has 1 aromatic carbocycles. The van der Waals surface area contributed by atoms with E-state index in [2.05, 4.69) is 0 Å². The highest BCUT2D eigenvalue weighted by Crippen LogP contribution is 2.07. The van der Waals surface area contributed by atoms with Crippen molar-refractivity contribution in [3.63, 3.8) is 0 Å². The maximum Gasteiger partial charge on any atom is 0.410 e. The van der Waals surface area contributed by atoms with Gasteiger partial charge in [0.1, 0.15) is 12.6 Å². The van der Waals surface area contributed by atoms with Crippen LogP contribution >= 0.6 is 0 Å². The minimum Gasteiger partial charge on any atom is -0.480 e. The number of nitrogens with zero attached hydrogens (tertiary/aromatic N) is 1. The lowest BCUT2D eigenvalue weighted by atomic mass is 10.2. The lowest BCUT2D eigenvalue weighted by Crippen LogP contribution is -2.42. The highest BCUT2D eigenvalue weighted by atomic mass is 16.6. The summed E-state index contributed by atoms with van der Waals surface area (Å²) in [5.41, 5.74) is 0.864. The molecule has 1 aromatic rings. The minimum atomic E-state index is -1.03. The third-order valence-electron chi connectivity index (χ3n) is 2.63. The van der Waals surface area contributed by atoms with Gasteiger partial charge in [-0.15, -0.1) is 0 Å². The molecule has 5 heteroatoms. The molecule has 1 rings (SSSR count). The number of carboxylic acids is 1. The van der Waals surface area contributed by atoms with Gasteiger partial charge in [-0.3, -0.25) is 4.90 Å². The third kappa shape index (κ3) is 3.76. The van der Waals surface area contributed by atoms with E-state index in [4.69, 9.17) is 9.84 Å². The lowest BCUT2D eigenvalue weighted by Gasteiger charge is -2.22. The molecule has 98 valence electrons. The minimum absolute atomic E-state index is 0.139. The van der Waals surface area contributed by atoms with Crippen LogP contribution in [0.1, 0.15) is 18.9 Å². The smallest absolute Gasteiger partial charge is 0.410 e. The SMILES string of the molecule is CCC(C(=O)O)N(C)C(=O)OCc1ccccc1. The Bertz CT molecular complexity index is 405. The summed E-state index contributed by atoms with van der Waals surface area (Å²) in [4.78, 5) is 23.7.